The normalized spacial score (nSPS) is 11.2. The molecule has 0 atom stereocenters. The Morgan fingerprint density at radius 1 is 1.03 bits per heavy atom. The van der Waals surface area contributed by atoms with E-state index < -0.39 is 28.3 Å². The molecular weight excluding hydrogens is 546 g/mol. The molecule has 1 N–H and O–H groups in total. The van der Waals surface area contributed by atoms with Gasteiger partial charge < -0.3 is 10.1 Å². The van der Waals surface area contributed by atoms with Gasteiger partial charge in [0.2, 0.25) is 5.91 Å². The second kappa shape index (κ2) is 13.2. The van der Waals surface area contributed by atoms with Gasteiger partial charge in [-0.2, -0.15) is 11.8 Å². The van der Waals surface area contributed by atoms with E-state index in [-0.39, 0.29) is 10.6 Å². The smallest absolute Gasteiger partial charge is 0.264 e. The SMILES string of the molecule is CCOc1ccc(S(=O)(=O)N(CC(=O)NCCSCc2ccc(Cl)c(Cl)c2)c2ccc(F)cc2)cc1. The average Bonchev–Trinajstić information content (AvgIpc) is 2.85. The standard InChI is InChI=1S/C25H25Cl2FN2O4S2/c1-2-34-21-8-10-22(11-9-21)36(32,33)30(20-6-4-19(28)5-7-20)16-25(31)29-13-14-35-17-18-3-12-23(26)24(27)15-18/h3-12,15H,2,13-14,16-17H2,1H3,(H,29,31). The summed E-state index contributed by atoms with van der Waals surface area (Å²) < 4.78 is 46.6. The molecule has 3 rings (SSSR count). The Labute approximate surface area is 224 Å². The largest absolute Gasteiger partial charge is 0.494 e. The van der Waals surface area contributed by atoms with Crippen LogP contribution in [0.4, 0.5) is 10.1 Å². The van der Waals surface area contributed by atoms with Crippen LogP contribution in [0.1, 0.15) is 12.5 Å². The molecule has 0 spiro atoms. The molecule has 6 nitrogen and oxygen atoms in total. The van der Waals surface area contributed by atoms with Gasteiger partial charge in [-0.25, -0.2) is 12.8 Å². The number of hydrogen-bond acceptors (Lipinski definition) is 5. The summed E-state index contributed by atoms with van der Waals surface area (Å²) in [6.45, 7) is 2.15. The predicted octanol–water partition coefficient (Wildman–Crippen LogP) is 5.78. The monoisotopic (exact) mass is 570 g/mol. The molecule has 0 aromatic heterocycles. The molecule has 3 aromatic carbocycles. The van der Waals surface area contributed by atoms with Crippen LogP contribution in [0.15, 0.2) is 71.6 Å². The topological polar surface area (TPSA) is 75.7 Å². The molecule has 0 aliphatic carbocycles. The fourth-order valence-corrected chi connectivity index (χ4v) is 5.74. The van der Waals surface area contributed by atoms with Crippen LogP contribution in [0.25, 0.3) is 0 Å². The number of ether oxygens (including phenoxy) is 1. The maximum absolute atomic E-state index is 13.5. The minimum Gasteiger partial charge on any atom is -0.494 e. The molecule has 0 saturated heterocycles. The maximum atomic E-state index is 13.5. The Balaban J connectivity index is 1.64. The van der Waals surface area contributed by atoms with E-state index in [9.17, 15) is 17.6 Å². The molecule has 0 heterocycles. The molecule has 3 aromatic rings. The zero-order valence-corrected chi connectivity index (χ0v) is 22.6. The molecular formula is C25H25Cl2FN2O4S2. The van der Waals surface area contributed by atoms with Crippen molar-refractivity contribution in [3.8, 4) is 5.75 Å². The number of halogens is 3. The molecule has 0 aliphatic heterocycles. The number of anilines is 1. The Bertz CT molecular complexity index is 1270. The molecule has 0 unspecified atom stereocenters. The molecule has 0 fully saturated rings. The van der Waals surface area contributed by atoms with Crippen molar-refractivity contribution in [3.05, 3.63) is 88.2 Å². The zero-order chi connectivity index (χ0) is 26.1. The van der Waals surface area contributed by atoms with Gasteiger partial charge in [0.05, 0.1) is 27.2 Å². The van der Waals surface area contributed by atoms with Gasteiger partial charge in [0, 0.05) is 18.1 Å². The van der Waals surface area contributed by atoms with Gasteiger partial charge in [0.15, 0.2) is 0 Å². The first-order valence-electron chi connectivity index (χ1n) is 11.0. The lowest BCUT2D eigenvalue weighted by Gasteiger charge is -2.24. The highest BCUT2D eigenvalue weighted by Crippen LogP contribution is 2.26. The summed E-state index contributed by atoms with van der Waals surface area (Å²) in [6.07, 6.45) is 0. The fraction of sp³-hybridized carbons (Fsp3) is 0.240. The van der Waals surface area contributed by atoms with Crippen LogP contribution < -0.4 is 14.4 Å². The Hall–Kier alpha value is -2.46. The number of carbonyl (C=O) groups is 1. The van der Waals surface area contributed by atoms with Crippen molar-refractivity contribution < 1.29 is 22.3 Å². The molecule has 0 radical (unpaired) electrons. The number of carbonyl (C=O) groups excluding carboxylic acids is 1. The van der Waals surface area contributed by atoms with Crippen molar-refractivity contribution in [2.24, 2.45) is 0 Å². The minimum absolute atomic E-state index is 0.0136. The predicted molar refractivity (Wildman–Crippen MR) is 144 cm³/mol. The molecule has 0 saturated carbocycles. The van der Waals surface area contributed by atoms with Gasteiger partial charge in [-0.1, -0.05) is 29.3 Å². The number of thioether (sulfide) groups is 1. The van der Waals surface area contributed by atoms with Crippen LogP contribution in [0.2, 0.25) is 10.0 Å². The molecule has 11 heteroatoms. The first-order chi connectivity index (χ1) is 17.2. The number of amides is 1. The highest BCUT2D eigenvalue weighted by Gasteiger charge is 2.27. The van der Waals surface area contributed by atoms with E-state index in [4.69, 9.17) is 27.9 Å². The van der Waals surface area contributed by atoms with E-state index in [0.717, 1.165) is 22.0 Å². The third-order valence-electron chi connectivity index (χ3n) is 4.95. The number of sulfonamides is 1. The minimum atomic E-state index is -4.11. The van der Waals surface area contributed by atoms with Crippen LogP contribution in [0.3, 0.4) is 0 Å². The van der Waals surface area contributed by atoms with E-state index in [1.54, 1.807) is 36.0 Å². The van der Waals surface area contributed by atoms with Crippen LogP contribution in [0.5, 0.6) is 5.75 Å². The van der Waals surface area contributed by atoms with Crippen molar-refractivity contribution in [1.29, 1.82) is 0 Å². The number of hydrogen-bond donors (Lipinski definition) is 1. The third kappa shape index (κ3) is 7.77. The van der Waals surface area contributed by atoms with Crippen molar-refractivity contribution in [2.45, 2.75) is 17.6 Å². The van der Waals surface area contributed by atoms with E-state index in [0.29, 0.717) is 40.5 Å². The Kier molecular flexibility index (Phi) is 10.3. The summed E-state index contributed by atoms with van der Waals surface area (Å²) in [5.74, 6) is 0.819. The molecule has 0 bridgehead atoms. The molecule has 36 heavy (non-hydrogen) atoms. The van der Waals surface area contributed by atoms with Crippen molar-refractivity contribution in [1.82, 2.24) is 5.32 Å². The Morgan fingerprint density at radius 3 is 2.36 bits per heavy atom. The van der Waals surface area contributed by atoms with Crippen molar-refractivity contribution in [2.75, 3.05) is 29.8 Å². The fourth-order valence-electron chi connectivity index (χ4n) is 3.19. The van der Waals surface area contributed by atoms with Crippen LogP contribution in [-0.4, -0.2) is 39.8 Å². The van der Waals surface area contributed by atoms with Gasteiger partial charge in [-0.3, -0.25) is 9.10 Å². The van der Waals surface area contributed by atoms with Gasteiger partial charge in [-0.05, 0) is 73.2 Å². The van der Waals surface area contributed by atoms with Gasteiger partial charge in [-0.15, -0.1) is 0 Å². The van der Waals surface area contributed by atoms with E-state index in [1.807, 2.05) is 13.0 Å². The highest BCUT2D eigenvalue weighted by atomic mass is 35.5. The summed E-state index contributed by atoms with van der Waals surface area (Å²) >= 11 is 13.5. The van der Waals surface area contributed by atoms with Gasteiger partial charge >= 0.3 is 0 Å². The number of nitrogens with zero attached hydrogens (tertiary/aromatic N) is 1. The second-order valence-corrected chi connectivity index (χ2v) is 11.3. The van der Waals surface area contributed by atoms with Crippen LogP contribution in [0, 0.1) is 5.82 Å². The lowest BCUT2D eigenvalue weighted by atomic mass is 10.2. The van der Waals surface area contributed by atoms with Crippen molar-refractivity contribution in [3.63, 3.8) is 0 Å². The molecule has 1 amide bonds. The summed E-state index contributed by atoms with van der Waals surface area (Å²) in [5.41, 5.74) is 1.18. The Morgan fingerprint density at radius 2 is 1.72 bits per heavy atom. The van der Waals surface area contributed by atoms with E-state index >= 15 is 0 Å². The number of benzene rings is 3. The zero-order valence-electron chi connectivity index (χ0n) is 19.4. The van der Waals surface area contributed by atoms with E-state index in [2.05, 4.69) is 5.32 Å². The number of nitrogens with one attached hydrogen (secondary N) is 1. The van der Waals surface area contributed by atoms with Crippen molar-refractivity contribution >= 4 is 56.6 Å². The highest BCUT2D eigenvalue weighted by molar-refractivity contribution is 7.98. The first-order valence-corrected chi connectivity index (χ1v) is 14.4. The lowest BCUT2D eigenvalue weighted by molar-refractivity contribution is -0.119. The van der Waals surface area contributed by atoms with Gasteiger partial charge in [0.25, 0.3) is 10.0 Å². The first kappa shape index (κ1) is 28.1. The summed E-state index contributed by atoms with van der Waals surface area (Å²) in [7, 11) is -4.11. The average molecular weight is 572 g/mol. The third-order valence-corrected chi connectivity index (χ3v) is 8.50. The summed E-state index contributed by atoms with van der Waals surface area (Å²) in [6, 6.07) is 16.3. The van der Waals surface area contributed by atoms with Crippen LogP contribution >= 0.6 is 35.0 Å². The molecule has 0 aliphatic rings. The summed E-state index contributed by atoms with van der Waals surface area (Å²) in [4.78, 5) is 12.7. The quantitative estimate of drug-likeness (QED) is 0.279. The molecule has 192 valence electrons. The summed E-state index contributed by atoms with van der Waals surface area (Å²) in [5, 5.41) is 3.72. The van der Waals surface area contributed by atoms with E-state index in [1.165, 1.54) is 24.3 Å². The maximum Gasteiger partial charge on any atom is 0.264 e. The van der Waals surface area contributed by atoms with Crippen LogP contribution in [-0.2, 0) is 20.6 Å². The van der Waals surface area contributed by atoms with Gasteiger partial charge in [0.1, 0.15) is 18.1 Å². The second-order valence-electron chi connectivity index (χ2n) is 7.54. The number of rotatable bonds is 12. The lowest BCUT2D eigenvalue weighted by Crippen LogP contribution is -2.41.